The van der Waals surface area contributed by atoms with E-state index in [4.69, 9.17) is 23.2 Å². The summed E-state index contributed by atoms with van der Waals surface area (Å²) in [6.45, 7) is 1.99. The normalized spacial score (nSPS) is 14.6. The van der Waals surface area contributed by atoms with Crippen LogP contribution in [0.5, 0.6) is 0 Å². The van der Waals surface area contributed by atoms with Gasteiger partial charge in [0.1, 0.15) is 5.15 Å². The van der Waals surface area contributed by atoms with Crippen LogP contribution in [0.2, 0.25) is 10.2 Å². The largest absolute Gasteiger partial charge is 0.270 e. The van der Waals surface area contributed by atoms with Crippen molar-refractivity contribution in [1.82, 2.24) is 9.88 Å². The van der Waals surface area contributed by atoms with Gasteiger partial charge in [0.25, 0.3) is 11.8 Å². The molecule has 4 nitrogen and oxygen atoms in total. The first-order valence-corrected chi connectivity index (χ1v) is 9.02. The second-order valence-corrected chi connectivity index (χ2v) is 6.70. The van der Waals surface area contributed by atoms with Crippen LogP contribution in [0.25, 0.3) is 11.1 Å². The van der Waals surface area contributed by atoms with Crippen LogP contribution < -0.4 is 0 Å². The molecule has 0 saturated heterocycles. The Morgan fingerprint density at radius 1 is 1.15 bits per heavy atom. The summed E-state index contributed by atoms with van der Waals surface area (Å²) < 4.78 is 0. The van der Waals surface area contributed by atoms with Crippen LogP contribution in [0.15, 0.2) is 72.5 Å². The van der Waals surface area contributed by atoms with E-state index in [9.17, 15) is 9.59 Å². The maximum Gasteiger partial charge on any atom is 0.261 e. The van der Waals surface area contributed by atoms with Gasteiger partial charge in [-0.1, -0.05) is 53.6 Å². The highest BCUT2D eigenvalue weighted by atomic mass is 35.5. The molecular formula is C21H16Cl2N2O2. The monoisotopic (exact) mass is 398 g/mol. The first kappa shape index (κ1) is 19.1. The van der Waals surface area contributed by atoms with Crippen molar-refractivity contribution in [3.63, 3.8) is 0 Å². The van der Waals surface area contributed by atoms with Crippen molar-refractivity contribution in [1.29, 1.82) is 0 Å². The minimum atomic E-state index is -0.348. The van der Waals surface area contributed by atoms with Gasteiger partial charge in [0.15, 0.2) is 0 Å². The highest BCUT2D eigenvalue weighted by molar-refractivity contribution is 6.33. The highest BCUT2D eigenvalue weighted by Crippen LogP contribution is 2.29. The fraction of sp³-hybridized carbons (Fsp3) is 0.0952. The number of aromatic nitrogens is 1. The molecule has 0 aliphatic carbocycles. The Morgan fingerprint density at radius 2 is 1.96 bits per heavy atom. The number of carbonyl (C=O) groups excluding carboxylic acids is 2. The van der Waals surface area contributed by atoms with E-state index in [2.05, 4.69) is 4.98 Å². The van der Waals surface area contributed by atoms with Gasteiger partial charge in [-0.3, -0.25) is 14.5 Å². The molecule has 1 aliphatic rings. The number of benzene rings is 1. The number of hydrogen-bond donors (Lipinski definition) is 0. The lowest BCUT2D eigenvalue weighted by Gasteiger charge is -2.15. The lowest BCUT2D eigenvalue weighted by atomic mass is 10.1. The molecule has 0 atom stereocenters. The van der Waals surface area contributed by atoms with Gasteiger partial charge in [-0.25, -0.2) is 4.98 Å². The zero-order chi connectivity index (χ0) is 19.4. The number of imide groups is 1. The molecule has 0 N–H and O–H groups in total. The molecule has 0 spiro atoms. The standard InChI is InChI=1S/C21H16Cl2N2O2/c1-2-3-4-6-16-11-19(26)25(21(16)27)13-14-9-18(20(23)24-12-14)15-7-5-8-17(22)10-15/h2-12H,13H2,1H3/b3-2-,6-4-. The van der Waals surface area contributed by atoms with Crippen molar-refractivity contribution < 1.29 is 9.59 Å². The summed E-state index contributed by atoms with van der Waals surface area (Å²) in [5, 5.41) is 0.911. The average molecular weight is 399 g/mol. The first-order chi connectivity index (χ1) is 13.0. The summed E-state index contributed by atoms with van der Waals surface area (Å²) >= 11 is 12.3. The Balaban J connectivity index is 1.84. The zero-order valence-corrected chi connectivity index (χ0v) is 16.0. The molecule has 1 aliphatic heterocycles. The number of carbonyl (C=O) groups is 2. The van der Waals surface area contributed by atoms with Gasteiger partial charge >= 0.3 is 0 Å². The first-order valence-electron chi connectivity index (χ1n) is 8.27. The van der Waals surface area contributed by atoms with E-state index in [1.807, 2.05) is 31.2 Å². The molecular weight excluding hydrogens is 383 g/mol. The van der Waals surface area contributed by atoms with Crippen LogP contribution in [0.3, 0.4) is 0 Å². The number of nitrogens with zero attached hydrogens (tertiary/aromatic N) is 2. The molecule has 1 aromatic carbocycles. The SMILES string of the molecule is C/C=C\C=C/C1=CC(=O)N(Cc2cnc(Cl)c(-c3cccc(Cl)c3)c2)C1=O. The number of hydrogen-bond acceptors (Lipinski definition) is 3. The third kappa shape index (κ3) is 4.35. The minimum absolute atomic E-state index is 0.118. The van der Waals surface area contributed by atoms with Crippen LogP contribution in [0.4, 0.5) is 0 Å². The van der Waals surface area contributed by atoms with E-state index in [0.717, 1.165) is 5.56 Å². The lowest BCUT2D eigenvalue weighted by molar-refractivity contribution is -0.137. The lowest BCUT2D eigenvalue weighted by Crippen LogP contribution is -2.30. The summed E-state index contributed by atoms with van der Waals surface area (Å²) in [6.07, 6.45) is 9.88. The van der Waals surface area contributed by atoms with E-state index >= 15 is 0 Å². The van der Waals surface area contributed by atoms with Crippen molar-refractivity contribution in [2.75, 3.05) is 0 Å². The maximum atomic E-state index is 12.5. The maximum absolute atomic E-state index is 12.5. The molecule has 2 aromatic rings. The van der Waals surface area contributed by atoms with Crippen molar-refractivity contribution in [2.45, 2.75) is 13.5 Å². The van der Waals surface area contributed by atoms with Gasteiger partial charge in [-0.2, -0.15) is 0 Å². The molecule has 2 heterocycles. The molecule has 0 saturated carbocycles. The van der Waals surface area contributed by atoms with Crippen LogP contribution in [-0.2, 0) is 16.1 Å². The molecule has 27 heavy (non-hydrogen) atoms. The molecule has 2 amide bonds. The Bertz CT molecular complexity index is 993. The predicted octanol–water partition coefficient (Wildman–Crippen LogP) is 4.98. The average Bonchev–Trinajstić information content (AvgIpc) is 2.91. The second-order valence-electron chi connectivity index (χ2n) is 5.91. The number of halogens is 2. The van der Waals surface area contributed by atoms with Crippen molar-refractivity contribution in [3.05, 3.63) is 88.2 Å². The minimum Gasteiger partial charge on any atom is -0.270 e. The summed E-state index contributed by atoms with van der Waals surface area (Å²) in [6, 6.07) is 9.06. The number of rotatable bonds is 5. The molecule has 136 valence electrons. The highest BCUT2D eigenvalue weighted by Gasteiger charge is 2.29. The number of amides is 2. The van der Waals surface area contributed by atoms with Gasteiger partial charge in [0, 0.05) is 28.4 Å². The van der Waals surface area contributed by atoms with Crippen LogP contribution in [0.1, 0.15) is 12.5 Å². The third-order valence-electron chi connectivity index (χ3n) is 3.99. The number of pyridine rings is 1. The summed E-state index contributed by atoms with van der Waals surface area (Å²) in [4.78, 5) is 30.1. The molecule has 3 rings (SSSR count). The van der Waals surface area contributed by atoms with E-state index in [-0.39, 0.29) is 18.4 Å². The van der Waals surface area contributed by atoms with E-state index in [1.54, 1.807) is 36.6 Å². The van der Waals surface area contributed by atoms with E-state index < -0.39 is 0 Å². The smallest absolute Gasteiger partial charge is 0.261 e. The fourth-order valence-corrected chi connectivity index (χ4v) is 3.09. The molecule has 0 unspecified atom stereocenters. The Kier molecular flexibility index (Phi) is 5.89. The molecule has 0 radical (unpaired) electrons. The van der Waals surface area contributed by atoms with Gasteiger partial charge in [-0.15, -0.1) is 0 Å². The molecule has 6 heteroatoms. The van der Waals surface area contributed by atoms with Gasteiger partial charge in [0.05, 0.1) is 6.54 Å². The zero-order valence-electron chi connectivity index (χ0n) is 14.5. The van der Waals surface area contributed by atoms with Crippen LogP contribution in [-0.4, -0.2) is 21.7 Å². The summed E-state index contributed by atoms with van der Waals surface area (Å²) in [7, 11) is 0. The van der Waals surface area contributed by atoms with Crippen molar-refractivity contribution in [3.8, 4) is 11.1 Å². The van der Waals surface area contributed by atoms with Crippen molar-refractivity contribution in [2.24, 2.45) is 0 Å². The summed E-state index contributed by atoms with van der Waals surface area (Å²) in [5.74, 6) is -0.681. The number of allylic oxidation sites excluding steroid dienone is 3. The van der Waals surface area contributed by atoms with Crippen LogP contribution >= 0.6 is 23.2 Å². The van der Waals surface area contributed by atoms with Gasteiger partial charge < -0.3 is 0 Å². The molecule has 1 aromatic heterocycles. The Hall–Kier alpha value is -2.69. The third-order valence-corrected chi connectivity index (χ3v) is 4.52. The van der Waals surface area contributed by atoms with Gasteiger partial charge in [-0.05, 0) is 42.3 Å². The quantitative estimate of drug-likeness (QED) is 0.405. The Labute approximate surface area is 167 Å². The topological polar surface area (TPSA) is 50.3 Å². The Morgan fingerprint density at radius 3 is 2.70 bits per heavy atom. The van der Waals surface area contributed by atoms with Crippen molar-refractivity contribution >= 4 is 35.0 Å². The summed E-state index contributed by atoms with van der Waals surface area (Å²) in [5.41, 5.74) is 2.56. The predicted molar refractivity (Wildman–Crippen MR) is 107 cm³/mol. The molecule has 0 bridgehead atoms. The van der Waals surface area contributed by atoms with Gasteiger partial charge in [0.2, 0.25) is 0 Å². The van der Waals surface area contributed by atoms with Crippen LogP contribution in [0, 0.1) is 0 Å². The van der Waals surface area contributed by atoms with E-state index in [1.165, 1.54) is 11.0 Å². The van der Waals surface area contributed by atoms with E-state index in [0.29, 0.717) is 26.9 Å². The molecule has 0 fully saturated rings. The fourth-order valence-electron chi connectivity index (χ4n) is 2.69. The second kappa shape index (κ2) is 8.33.